The van der Waals surface area contributed by atoms with Crippen molar-refractivity contribution >= 4 is 23.5 Å². The lowest BCUT2D eigenvalue weighted by molar-refractivity contribution is -0.148. The van der Waals surface area contributed by atoms with E-state index in [1.807, 2.05) is 0 Å². The number of likely N-dealkylation sites (tertiary alicyclic amines) is 1. The van der Waals surface area contributed by atoms with Crippen LogP contribution in [0.1, 0.15) is 12.8 Å². The molecule has 0 aromatic carbocycles. The smallest absolute Gasteiger partial charge is 0.308 e. The Labute approximate surface area is 88.2 Å². The lowest BCUT2D eigenvalue weighted by Crippen LogP contribution is -2.41. The Morgan fingerprint density at radius 2 is 2.00 bits per heavy atom. The Morgan fingerprint density at radius 3 is 2.43 bits per heavy atom. The van der Waals surface area contributed by atoms with Gasteiger partial charge in [0, 0.05) is 13.1 Å². The molecule has 1 aliphatic heterocycles. The molecule has 0 spiro atoms. The number of carbonyl (C=O) groups excluding carboxylic acids is 2. The minimum atomic E-state index is -0.178. The highest BCUT2D eigenvalue weighted by atomic mass is 35.5. The second-order valence-corrected chi connectivity index (χ2v) is 3.58. The summed E-state index contributed by atoms with van der Waals surface area (Å²) in [6.07, 6.45) is 1.35. The number of rotatable bonds is 2. The highest BCUT2D eigenvalue weighted by Gasteiger charge is 2.27. The molecule has 1 fully saturated rings. The lowest BCUT2D eigenvalue weighted by Gasteiger charge is -2.30. The summed E-state index contributed by atoms with van der Waals surface area (Å²) in [5.74, 6) is -0.277. The van der Waals surface area contributed by atoms with Gasteiger partial charge in [0.05, 0.1) is 13.0 Å². The number of esters is 1. The maximum atomic E-state index is 11.2. The first kappa shape index (κ1) is 11.3. The van der Waals surface area contributed by atoms with E-state index in [9.17, 15) is 9.59 Å². The first-order chi connectivity index (χ1) is 6.69. The maximum Gasteiger partial charge on any atom is 0.308 e. The summed E-state index contributed by atoms with van der Waals surface area (Å²) in [7, 11) is 1.39. The molecule has 0 bridgehead atoms. The fourth-order valence-corrected chi connectivity index (χ4v) is 1.78. The third-order valence-corrected chi connectivity index (χ3v) is 2.73. The number of carbonyl (C=O) groups is 2. The van der Waals surface area contributed by atoms with Crippen molar-refractivity contribution in [3.05, 3.63) is 0 Å². The Hall–Kier alpha value is -0.770. The van der Waals surface area contributed by atoms with Crippen LogP contribution in [0.4, 0.5) is 0 Å². The molecule has 0 saturated carbocycles. The number of methoxy groups -OCH3 is 1. The average Bonchev–Trinajstić information content (AvgIpc) is 2.27. The van der Waals surface area contributed by atoms with Crippen molar-refractivity contribution in [1.29, 1.82) is 0 Å². The Bertz CT molecular complexity index is 200. The van der Waals surface area contributed by atoms with Crippen LogP contribution in [0.3, 0.4) is 0 Å². The van der Waals surface area contributed by atoms with E-state index in [1.165, 1.54) is 7.11 Å². The molecule has 0 aromatic rings. The highest BCUT2D eigenvalue weighted by molar-refractivity contribution is 6.27. The summed E-state index contributed by atoms with van der Waals surface area (Å²) in [6, 6.07) is 0. The number of hydrogen-bond donors (Lipinski definition) is 0. The summed E-state index contributed by atoms with van der Waals surface area (Å²) in [4.78, 5) is 24.0. The molecule has 80 valence electrons. The highest BCUT2D eigenvalue weighted by Crippen LogP contribution is 2.18. The molecule has 0 unspecified atom stereocenters. The number of halogens is 1. The quantitative estimate of drug-likeness (QED) is 0.506. The van der Waals surface area contributed by atoms with Gasteiger partial charge in [-0.2, -0.15) is 0 Å². The molecule has 0 aromatic heterocycles. The van der Waals surface area contributed by atoms with Gasteiger partial charge in [0.2, 0.25) is 5.91 Å². The van der Waals surface area contributed by atoms with Crippen LogP contribution >= 0.6 is 11.6 Å². The van der Waals surface area contributed by atoms with Gasteiger partial charge in [0.1, 0.15) is 5.88 Å². The van der Waals surface area contributed by atoms with Gasteiger partial charge in [-0.05, 0) is 12.8 Å². The van der Waals surface area contributed by atoms with E-state index in [2.05, 4.69) is 4.74 Å². The summed E-state index contributed by atoms with van der Waals surface area (Å²) in [5, 5.41) is 0. The van der Waals surface area contributed by atoms with Gasteiger partial charge in [0.15, 0.2) is 0 Å². The Kier molecular flexibility index (Phi) is 4.20. The topological polar surface area (TPSA) is 46.6 Å². The molecule has 1 aliphatic rings. The van der Waals surface area contributed by atoms with Crippen LogP contribution in [0.5, 0.6) is 0 Å². The molecule has 5 heteroatoms. The monoisotopic (exact) mass is 219 g/mol. The zero-order valence-electron chi connectivity index (χ0n) is 8.16. The molecule has 4 nitrogen and oxygen atoms in total. The summed E-state index contributed by atoms with van der Waals surface area (Å²) >= 11 is 5.43. The van der Waals surface area contributed by atoms with Crippen molar-refractivity contribution in [2.45, 2.75) is 12.8 Å². The minimum absolute atomic E-state index is 0.0168. The zero-order valence-corrected chi connectivity index (χ0v) is 8.92. The van der Waals surface area contributed by atoms with E-state index in [-0.39, 0.29) is 23.7 Å². The Balaban J connectivity index is 2.38. The molecule has 1 amide bonds. The molecule has 1 heterocycles. The molecular formula is C9H14ClNO3. The number of alkyl halides is 1. The predicted octanol–water partition coefficient (Wildman–Crippen LogP) is 0.637. The number of piperidine rings is 1. The van der Waals surface area contributed by atoms with Gasteiger partial charge in [-0.25, -0.2) is 0 Å². The predicted molar refractivity (Wildman–Crippen MR) is 52.0 cm³/mol. The largest absolute Gasteiger partial charge is 0.469 e. The van der Waals surface area contributed by atoms with Crippen molar-refractivity contribution in [2.24, 2.45) is 5.92 Å². The van der Waals surface area contributed by atoms with E-state index in [1.54, 1.807) is 4.90 Å². The van der Waals surface area contributed by atoms with Crippen LogP contribution in [-0.4, -0.2) is 42.9 Å². The van der Waals surface area contributed by atoms with Gasteiger partial charge < -0.3 is 9.64 Å². The SMILES string of the molecule is COC(=O)C1CCN(C(=O)CCl)CC1. The number of ether oxygens (including phenoxy) is 1. The molecule has 0 N–H and O–H groups in total. The van der Waals surface area contributed by atoms with Gasteiger partial charge in [-0.3, -0.25) is 9.59 Å². The van der Waals surface area contributed by atoms with Crippen LogP contribution < -0.4 is 0 Å². The lowest BCUT2D eigenvalue weighted by atomic mass is 9.97. The van der Waals surface area contributed by atoms with Gasteiger partial charge in [-0.15, -0.1) is 11.6 Å². The molecule has 1 saturated heterocycles. The van der Waals surface area contributed by atoms with Crippen molar-refractivity contribution in [2.75, 3.05) is 26.1 Å². The van der Waals surface area contributed by atoms with Crippen molar-refractivity contribution in [3.8, 4) is 0 Å². The van der Waals surface area contributed by atoms with Crippen LogP contribution in [0.25, 0.3) is 0 Å². The fourth-order valence-electron chi connectivity index (χ4n) is 1.62. The zero-order chi connectivity index (χ0) is 10.6. The van der Waals surface area contributed by atoms with E-state index in [4.69, 9.17) is 11.6 Å². The van der Waals surface area contributed by atoms with E-state index >= 15 is 0 Å². The van der Waals surface area contributed by atoms with Crippen LogP contribution in [-0.2, 0) is 14.3 Å². The summed E-state index contributed by atoms with van der Waals surface area (Å²) in [6.45, 7) is 1.20. The number of nitrogens with zero attached hydrogens (tertiary/aromatic N) is 1. The standard InChI is InChI=1S/C9H14ClNO3/c1-14-9(13)7-2-4-11(5-3-7)8(12)6-10/h7H,2-6H2,1H3. The van der Waals surface area contributed by atoms with Crippen molar-refractivity contribution in [1.82, 2.24) is 4.90 Å². The van der Waals surface area contributed by atoms with Crippen molar-refractivity contribution < 1.29 is 14.3 Å². The fraction of sp³-hybridized carbons (Fsp3) is 0.778. The normalized spacial score (nSPS) is 18.0. The van der Waals surface area contributed by atoms with E-state index in [0.29, 0.717) is 25.9 Å². The maximum absolute atomic E-state index is 11.2. The summed E-state index contributed by atoms with van der Waals surface area (Å²) < 4.78 is 4.64. The molecule has 0 atom stereocenters. The first-order valence-electron chi connectivity index (χ1n) is 4.60. The second kappa shape index (κ2) is 5.20. The third kappa shape index (κ3) is 2.61. The molecular weight excluding hydrogens is 206 g/mol. The van der Waals surface area contributed by atoms with Crippen molar-refractivity contribution in [3.63, 3.8) is 0 Å². The van der Waals surface area contributed by atoms with Gasteiger partial charge in [0.25, 0.3) is 0 Å². The molecule has 14 heavy (non-hydrogen) atoms. The minimum Gasteiger partial charge on any atom is -0.469 e. The first-order valence-corrected chi connectivity index (χ1v) is 5.14. The number of hydrogen-bond acceptors (Lipinski definition) is 3. The van der Waals surface area contributed by atoms with Crippen LogP contribution in [0, 0.1) is 5.92 Å². The molecule has 0 aliphatic carbocycles. The number of amides is 1. The summed E-state index contributed by atoms with van der Waals surface area (Å²) in [5.41, 5.74) is 0. The molecule has 0 radical (unpaired) electrons. The average molecular weight is 220 g/mol. The second-order valence-electron chi connectivity index (χ2n) is 3.31. The van der Waals surface area contributed by atoms with E-state index < -0.39 is 0 Å². The van der Waals surface area contributed by atoms with Crippen LogP contribution in [0.15, 0.2) is 0 Å². The third-order valence-electron chi connectivity index (χ3n) is 2.50. The van der Waals surface area contributed by atoms with Gasteiger partial charge in [-0.1, -0.05) is 0 Å². The molecule has 1 rings (SSSR count). The Morgan fingerprint density at radius 1 is 1.43 bits per heavy atom. The van der Waals surface area contributed by atoms with Gasteiger partial charge >= 0.3 is 5.97 Å². The van der Waals surface area contributed by atoms with Crippen LogP contribution in [0.2, 0.25) is 0 Å². The van der Waals surface area contributed by atoms with E-state index in [0.717, 1.165) is 0 Å².